The number of halogens is 2. The minimum absolute atomic E-state index is 0.112. The molecular weight excluding hydrogens is 256 g/mol. The van der Waals surface area contributed by atoms with Crippen LogP contribution in [0.25, 0.3) is 0 Å². The van der Waals surface area contributed by atoms with Gasteiger partial charge in [0.25, 0.3) is 5.91 Å². The summed E-state index contributed by atoms with van der Waals surface area (Å²) < 4.78 is 31.8. The second kappa shape index (κ2) is 5.97. The molecule has 1 aliphatic rings. The van der Waals surface area contributed by atoms with Crippen LogP contribution in [0.4, 0.5) is 8.78 Å². The predicted molar refractivity (Wildman–Crippen MR) is 63.5 cm³/mol. The standard InChI is InChI=1S/C13H15F2NO3/c14-10-3-9(6-17)4-11(15)13(10)19-7-12(18)16-5-8-1-2-8/h3-4,8,17H,1-2,5-7H2,(H,16,18). The van der Waals surface area contributed by atoms with Gasteiger partial charge in [0, 0.05) is 6.54 Å². The highest BCUT2D eigenvalue weighted by atomic mass is 19.1. The quantitative estimate of drug-likeness (QED) is 0.821. The van der Waals surface area contributed by atoms with Crippen molar-refractivity contribution in [1.29, 1.82) is 0 Å². The molecule has 0 bridgehead atoms. The molecule has 1 fully saturated rings. The monoisotopic (exact) mass is 271 g/mol. The molecule has 0 radical (unpaired) electrons. The Morgan fingerprint density at radius 2 is 2.00 bits per heavy atom. The lowest BCUT2D eigenvalue weighted by Crippen LogP contribution is -2.30. The molecule has 1 aromatic carbocycles. The fourth-order valence-electron chi connectivity index (χ4n) is 1.61. The summed E-state index contributed by atoms with van der Waals surface area (Å²) in [7, 11) is 0. The predicted octanol–water partition coefficient (Wildman–Crippen LogP) is 1.36. The third-order valence-corrected chi connectivity index (χ3v) is 2.87. The molecule has 1 saturated carbocycles. The lowest BCUT2D eigenvalue weighted by atomic mass is 10.2. The maximum atomic E-state index is 13.5. The Kier molecular flexibility index (Phi) is 4.31. The second-order valence-electron chi connectivity index (χ2n) is 4.58. The van der Waals surface area contributed by atoms with Gasteiger partial charge in [-0.05, 0) is 36.5 Å². The first kappa shape index (κ1) is 13.7. The number of carbonyl (C=O) groups is 1. The highest BCUT2D eigenvalue weighted by molar-refractivity contribution is 5.77. The molecule has 0 saturated heterocycles. The van der Waals surface area contributed by atoms with Crippen molar-refractivity contribution in [1.82, 2.24) is 5.32 Å². The van der Waals surface area contributed by atoms with E-state index in [0.717, 1.165) is 25.0 Å². The van der Waals surface area contributed by atoms with E-state index in [4.69, 9.17) is 9.84 Å². The van der Waals surface area contributed by atoms with Crippen molar-refractivity contribution in [3.63, 3.8) is 0 Å². The normalized spacial score (nSPS) is 14.3. The molecule has 0 spiro atoms. The van der Waals surface area contributed by atoms with E-state index in [2.05, 4.69) is 5.32 Å². The molecule has 4 nitrogen and oxygen atoms in total. The van der Waals surface area contributed by atoms with Crippen LogP contribution >= 0.6 is 0 Å². The number of hydrogen-bond donors (Lipinski definition) is 2. The summed E-state index contributed by atoms with van der Waals surface area (Å²) in [5.41, 5.74) is 0.112. The summed E-state index contributed by atoms with van der Waals surface area (Å²) >= 11 is 0. The van der Waals surface area contributed by atoms with Crippen molar-refractivity contribution < 1.29 is 23.4 Å². The number of rotatable bonds is 6. The van der Waals surface area contributed by atoms with E-state index >= 15 is 0 Å². The molecule has 0 unspecified atom stereocenters. The van der Waals surface area contributed by atoms with Crippen molar-refractivity contribution in [3.05, 3.63) is 29.3 Å². The maximum Gasteiger partial charge on any atom is 0.257 e. The number of hydrogen-bond acceptors (Lipinski definition) is 3. The molecule has 0 aromatic heterocycles. The summed E-state index contributed by atoms with van der Waals surface area (Å²) in [5, 5.41) is 11.4. The van der Waals surface area contributed by atoms with Crippen LogP contribution in [0.2, 0.25) is 0 Å². The molecule has 1 aromatic rings. The molecule has 6 heteroatoms. The van der Waals surface area contributed by atoms with Crippen LogP contribution in [0.5, 0.6) is 5.75 Å². The summed E-state index contributed by atoms with van der Waals surface area (Å²) in [6.45, 7) is -0.314. The summed E-state index contributed by atoms with van der Waals surface area (Å²) in [4.78, 5) is 11.4. The Balaban J connectivity index is 1.89. The Bertz CT molecular complexity index is 452. The Morgan fingerprint density at radius 1 is 1.37 bits per heavy atom. The van der Waals surface area contributed by atoms with Crippen LogP contribution < -0.4 is 10.1 Å². The molecule has 19 heavy (non-hydrogen) atoms. The zero-order valence-electron chi connectivity index (χ0n) is 10.3. The van der Waals surface area contributed by atoms with Crippen molar-refractivity contribution in [3.8, 4) is 5.75 Å². The second-order valence-corrected chi connectivity index (χ2v) is 4.58. The fraction of sp³-hybridized carbons (Fsp3) is 0.462. The Morgan fingerprint density at radius 3 is 2.53 bits per heavy atom. The smallest absolute Gasteiger partial charge is 0.257 e. The first-order valence-electron chi connectivity index (χ1n) is 6.08. The lowest BCUT2D eigenvalue weighted by Gasteiger charge is -2.09. The van der Waals surface area contributed by atoms with E-state index < -0.39 is 36.5 Å². The molecule has 104 valence electrons. The van der Waals surface area contributed by atoms with Gasteiger partial charge in [-0.15, -0.1) is 0 Å². The maximum absolute atomic E-state index is 13.5. The fourth-order valence-corrected chi connectivity index (χ4v) is 1.61. The minimum atomic E-state index is -0.931. The van der Waals surface area contributed by atoms with Gasteiger partial charge in [0.15, 0.2) is 24.0 Å². The molecule has 2 rings (SSSR count). The number of nitrogens with one attached hydrogen (secondary N) is 1. The third-order valence-electron chi connectivity index (χ3n) is 2.87. The van der Waals surface area contributed by atoms with Crippen molar-refractivity contribution in [2.45, 2.75) is 19.4 Å². The molecular formula is C13H15F2NO3. The van der Waals surface area contributed by atoms with Gasteiger partial charge in [0.05, 0.1) is 6.61 Å². The average molecular weight is 271 g/mol. The van der Waals surface area contributed by atoms with Crippen LogP contribution in [0.3, 0.4) is 0 Å². The van der Waals surface area contributed by atoms with Gasteiger partial charge in [-0.25, -0.2) is 8.78 Å². The van der Waals surface area contributed by atoms with Crippen LogP contribution in [-0.2, 0) is 11.4 Å². The number of ether oxygens (including phenoxy) is 1. The summed E-state index contributed by atoms with van der Waals surface area (Å²) in [6.07, 6.45) is 2.21. The zero-order valence-corrected chi connectivity index (χ0v) is 10.3. The summed E-state index contributed by atoms with van der Waals surface area (Å²) in [5.74, 6) is -2.34. The van der Waals surface area contributed by atoms with E-state index in [0.29, 0.717) is 12.5 Å². The number of amides is 1. The SMILES string of the molecule is O=C(COc1c(F)cc(CO)cc1F)NCC1CC1. The Labute approximate surface area is 109 Å². The van der Waals surface area contributed by atoms with Crippen LogP contribution in [0.1, 0.15) is 18.4 Å². The molecule has 1 amide bonds. The topological polar surface area (TPSA) is 58.6 Å². The molecule has 0 heterocycles. The average Bonchev–Trinajstić information content (AvgIpc) is 3.19. The molecule has 2 N–H and O–H groups in total. The number of aliphatic hydroxyl groups is 1. The highest BCUT2D eigenvalue weighted by Crippen LogP contribution is 2.27. The van der Waals surface area contributed by atoms with E-state index in [-0.39, 0.29) is 5.56 Å². The van der Waals surface area contributed by atoms with Gasteiger partial charge < -0.3 is 15.2 Å². The van der Waals surface area contributed by atoms with Crippen molar-refractivity contribution in [2.24, 2.45) is 5.92 Å². The van der Waals surface area contributed by atoms with Crippen molar-refractivity contribution in [2.75, 3.05) is 13.2 Å². The van der Waals surface area contributed by atoms with Crippen molar-refractivity contribution >= 4 is 5.91 Å². The van der Waals surface area contributed by atoms with Gasteiger partial charge in [0.1, 0.15) is 0 Å². The van der Waals surface area contributed by atoms with Gasteiger partial charge >= 0.3 is 0 Å². The van der Waals surface area contributed by atoms with E-state index in [9.17, 15) is 13.6 Å². The number of aliphatic hydroxyl groups excluding tert-OH is 1. The van der Waals surface area contributed by atoms with Crippen LogP contribution in [0, 0.1) is 17.6 Å². The first-order chi connectivity index (χ1) is 9.10. The minimum Gasteiger partial charge on any atom is -0.478 e. The third kappa shape index (κ3) is 3.89. The van der Waals surface area contributed by atoms with Gasteiger partial charge in [-0.3, -0.25) is 4.79 Å². The molecule has 1 aliphatic carbocycles. The molecule has 0 atom stereocenters. The zero-order chi connectivity index (χ0) is 13.8. The van der Waals surface area contributed by atoms with Gasteiger partial charge in [-0.2, -0.15) is 0 Å². The van der Waals surface area contributed by atoms with E-state index in [1.807, 2.05) is 0 Å². The van der Waals surface area contributed by atoms with Crippen LogP contribution in [0.15, 0.2) is 12.1 Å². The highest BCUT2D eigenvalue weighted by Gasteiger charge is 2.22. The number of benzene rings is 1. The van der Waals surface area contributed by atoms with E-state index in [1.165, 1.54) is 0 Å². The summed E-state index contributed by atoms with van der Waals surface area (Å²) in [6, 6.07) is 1.95. The van der Waals surface area contributed by atoms with E-state index in [1.54, 1.807) is 0 Å². The van der Waals surface area contributed by atoms with Crippen LogP contribution in [-0.4, -0.2) is 24.2 Å². The Hall–Kier alpha value is -1.69. The lowest BCUT2D eigenvalue weighted by molar-refractivity contribution is -0.123. The molecule has 0 aliphatic heterocycles. The largest absolute Gasteiger partial charge is 0.478 e. The first-order valence-corrected chi connectivity index (χ1v) is 6.08. The van der Waals surface area contributed by atoms with Gasteiger partial charge in [-0.1, -0.05) is 0 Å². The van der Waals surface area contributed by atoms with Gasteiger partial charge in [0.2, 0.25) is 0 Å². The number of carbonyl (C=O) groups excluding carboxylic acids is 1.